The third-order valence-electron chi connectivity index (χ3n) is 3.41. The Morgan fingerprint density at radius 3 is 2.52 bits per heavy atom. The van der Waals surface area contributed by atoms with Gasteiger partial charge in [-0.05, 0) is 41.5 Å². The topological polar surface area (TPSA) is 81.4 Å². The van der Waals surface area contributed by atoms with E-state index in [1.165, 1.54) is 0 Å². The SMILES string of the molecule is COc1ccc2cc(C(C)NCCS(N)(=O)=O)ccc2c1. The molecule has 0 heterocycles. The molecule has 0 radical (unpaired) electrons. The maximum atomic E-state index is 10.9. The molecule has 2 aromatic rings. The summed E-state index contributed by atoms with van der Waals surface area (Å²) in [6.07, 6.45) is 0. The number of hydrogen-bond donors (Lipinski definition) is 2. The fraction of sp³-hybridized carbons (Fsp3) is 0.333. The molecule has 1 atom stereocenters. The van der Waals surface area contributed by atoms with Crippen LogP contribution in [-0.2, 0) is 10.0 Å². The van der Waals surface area contributed by atoms with Gasteiger partial charge >= 0.3 is 0 Å². The number of nitrogens with two attached hydrogens (primary N) is 1. The van der Waals surface area contributed by atoms with Gasteiger partial charge in [-0.15, -0.1) is 0 Å². The lowest BCUT2D eigenvalue weighted by atomic mass is 10.0. The van der Waals surface area contributed by atoms with Crippen LogP contribution in [0, 0.1) is 0 Å². The highest BCUT2D eigenvalue weighted by Gasteiger charge is 2.08. The zero-order chi connectivity index (χ0) is 15.5. The predicted octanol–water partition coefficient (Wildman–Crippen LogP) is 1.79. The monoisotopic (exact) mass is 308 g/mol. The Kier molecular flexibility index (Phi) is 4.82. The Labute approximate surface area is 125 Å². The lowest BCUT2D eigenvalue weighted by Crippen LogP contribution is -2.28. The van der Waals surface area contributed by atoms with E-state index in [-0.39, 0.29) is 11.8 Å². The van der Waals surface area contributed by atoms with Gasteiger partial charge in [-0.3, -0.25) is 0 Å². The van der Waals surface area contributed by atoms with Crippen LogP contribution in [0.15, 0.2) is 36.4 Å². The lowest BCUT2D eigenvalue weighted by Gasteiger charge is -2.15. The molecule has 114 valence electrons. The second-order valence-electron chi connectivity index (χ2n) is 5.02. The van der Waals surface area contributed by atoms with Crippen molar-refractivity contribution in [2.24, 2.45) is 5.14 Å². The average Bonchev–Trinajstić information content (AvgIpc) is 2.44. The molecule has 5 nitrogen and oxygen atoms in total. The average molecular weight is 308 g/mol. The van der Waals surface area contributed by atoms with E-state index in [2.05, 4.69) is 11.4 Å². The summed E-state index contributed by atoms with van der Waals surface area (Å²) in [5, 5.41) is 10.4. The standard InChI is InChI=1S/C15H20N2O3S/c1-11(17-7-8-21(16,18)19)12-3-4-14-10-15(20-2)6-5-13(14)9-12/h3-6,9-11,17H,7-8H2,1-2H3,(H2,16,18,19). The van der Waals surface area contributed by atoms with Crippen molar-refractivity contribution in [1.82, 2.24) is 5.32 Å². The summed E-state index contributed by atoms with van der Waals surface area (Å²) in [4.78, 5) is 0. The summed E-state index contributed by atoms with van der Waals surface area (Å²) in [6, 6.07) is 12.1. The van der Waals surface area contributed by atoms with E-state index in [1.54, 1.807) is 7.11 Å². The smallest absolute Gasteiger partial charge is 0.210 e. The summed E-state index contributed by atoms with van der Waals surface area (Å²) in [5.74, 6) is 0.761. The van der Waals surface area contributed by atoms with Gasteiger partial charge in [0.25, 0.3) is 0 Å². The molecule has 0 fully saturated rings. The van der Waals surface area contributed by atoms with Crippen molar-refractivity contribution in [3.63, 3.8) is 0 Å². The zero-order valence-electron chi connectivity index (χ0n) is 12.2. The Morgan fingerprint density at radius 2 is 1.86 bits per heavy atom. The molecular weight excluding hydrogens is 288 g/mol. The molecule has 0 aliphatic carbocycles. The molecule has 0 saturated heterocycles. The van der Waals surface area contributed by atoms with Gasteiger partial charge in [0.05, 0.1) is 12.9 Å². The second kappa shape index (κ2) is 6.43. The number of benzene rings is 2. The molecular formula is C15H20N2O3S. The molecule has 0 aromatic heterocycles. The van der Waals surface area contributed by atoms with Crippen LogP contribution in [0.3, 0.4) is 0 Å². The number of hydrogen-bond acceptors (Lipinski definition) is 4. The number of rotatable bonds is 6. The van der Waals surface area contributed by atoms with E-state index in [1.807, 2.05) is 37.3 Å². The quantitative estimate of drug-likeness (QED) is 0.852. The first kappa shape index (κ1) is 15.8. The normalized spacial score (nSPS) is 13.3. The number of nitrogens with one attached hydrogen (secondary N) is 1. The van der Waals surface area contributed by atoms with Gasteiger partial charge in [-0.1, -0.05) is 18.2 Å². The van der Waals surface area contributed by atoms with Crippen molar-refractivity contribution >= 4 is 20.8 Å². The lowest BCUT2D eigenvalue weighted by molar-refractivity contribution is 0.415. The van der Waals surface area contributed by atoms with E-state index in [4.69, 9.17) is 9.88 Å². The fourth-order valence-corrected chi connectivity index (χ4v) is 2.58. The van der Waals surface area contributed by atoms with Crippen molar-refractivity contribution in [3.8, 4) is 5.75 Å². The van der Waals surface area contributed by atoms with E-state index >= 15 is 0 Å². The minimum atomic E-state index is -3.42. The number of ether oxygens (including phenoxy) is 1. The van der Waals surface area contributed by atoms with Crippen LogP contribution in [0.4, 0.5) is 0 Å². The first-order chi connectivity index (χ1) is 9.89. The molecule has 2 aromatic carbocycles. The van der Waals surface area contributed by atoms with Gasteiger partial charge < -0.3 is 10.1 Å². The van der Waals surface area contributed by atoms with Gasteiger partial charge in [-0.25, -0.2) is 13.6 Å². The maximum absolute atomic E-state index is 10.9. The zero-order valence-corrected chi connectivity index (χ0v) is 13.0. The van der Waals surface area contributed by atoms with Gasteiger partial charge in [0, 0.05) is 12.6 Å². The Balaban J connectivity index is 2.11. The summed E-state index contributed by atoms with van der Waals surface area (Å²) in [7, 11) is -1.77. The van der Waals surface area contributed by atoms with E-state index in [0.29, 0.717) is 6.54 Å². The molecule has 0 amide bonds. The number of sulfonamides is 1. The summed E-state index contributed by atoms with van der Waals surface area (Å²) < 4.78 is 27.0. The van der Waals surface area contributed by atoms with Crippen LogP contribution < -0.4 is 15.2 Å². The van der Waals surface area contributed by atoms with Crippen molar-refractivity contribution in [2.75, 3.05) is 19.4 Å². The third-order valence-corrected chi connectivity index (χ3v) is 4.18. The first-order valence-electron chi connectivity index (χ1n) is 6.70. The van der Waals surface area contributed by atoms with Crippen LogP contribution in [0.1, 0.15) is 18.5 Å². The summed E-state index contributed by atoms with van der Waals surface area (Å²) in [6.45, 7) is 2.33. The fourth-order valence-electron chi connectivity index (χ4n) is 2.17. The number of methoxy groups -OCH3 is 1. The van der Waals surface area contributed by atoms with Crippen LogP contribution in [0.2, 0.25) is 0 Å². The van der Waals surface area contributed by atoms with E-state index in [9.17, 15) is 8.42 Å². The highest BCUT2D eigenvalue weighted by Crippen LogP contribution is 2.24. The Morgan fingerprint density at radius 1 is 1.19 bits per heavy atom. The summed E-state index contributed by atoms with van der Waals surface area (Å²) >= 11 is 0. The first-order valence-corrected chi connectivity index (χ1v) is 8.42. The van der Waals surface area contributed by atoms with Gasteiger partial charge in [0.15, 0.2) is 0 Å². The Bertz CT molecular complexity index is 729. The molecule has 0 aliphatic rings. The molecule has 0 aliphatic heterocycles. The van der Waals surface area contributed by atoms with Crippen LogP contribution in [0.25, 0.3) is 10.8 Å². The molecule has 0 spiro atoms. The van der Waals surface area contributed by atoms with Crippen molar-refractivity contribution in [2.45, 2.75) is 13.0 Å². The van der Waals surface area contributed by atoms with Gasteiger partial charge in [-0.2, -0.15) is 0 Å². The van der Waals surface area contributed by atoms with Crippen molar-refractivity contribution in [3.05, 3.63) is 42.0 Å². The van der Waals surface area contributed by atoms with Crippen LogP contribution in [0.5, 0.6) is 5.75 Å². The van der Waals surface area contributed by atoms with Crippen LogP contribution >= 0.6 is 0 Å². The van der Waals surface area contributed by atoms with Crippen molar-refractivity contribution < 1.29 is 13.2 Å². The van der Waals surface area contributed by atoms with Crippen LogP contribution in [-0.4, -0.2) is 27.8 Å². The molecule has 0 bridgehead atoms. The van der Waals surface area contributed by atoms with E-state index < -0.39 is 10.0 Å². The second-order valence-corrected chi connectivity index (χ2v) is 6.75. The predicted molar refractivity (Wildman–Crippen MR) is 84.9 cm³/mol. The highest BCUT2D eigenvalue weighted by molar-refractivity contribution is 7.89. The molecule has 1 unspecified atom stereocenters. The highest BCUT2D eigenvalue weighted by atomic mass is 32.2. The minimum Gasteiger partial charge on any atom is -0.497 e. The van der Waals surface area contributed by atoms with E-state index in [0.717, 1.165) is 22.1 Å². The minimum absolute atomic E-state index is 0.0539. The van der Waals surface area contributed by atoms with Gasteiger partial charge in [0.1, 0.15) is 5.75 Å². The molecule has 3 N–H and O–H groups in total. The number of fused-ring (bicyclic) bond motifs is 1. The Hall–Kier alpha value is -1.63. The maximum Gasteiger partial charge on any atom is 0.210 e. The van der Waals surface area contributed by atoms with Gasteiger partial charge in [0.2, 0.25) is 10.0 Å². The number of primary sulfonamides is 1. The molecule has 2 rings (SSSR count). The molecule has 0 saturated carbocycles. The molecule has 21 heavy (non-hydrogen) atoms. The third kappa shape index (κ3) is 4.42. The molecule has 6 heteroatoms. The van der Waals surface area contributed by atoms with Crippen molar-refractivity contribution in [1.29, 1.82) is 0 Å². The summed E-state index contributed by atoms with van der Waals surface area (Å²) in [5.41, 5.74) is 1.10. The largest absolute Gasteiger partial charge is 0.497 e.